The highest BCUT2D eigenvalue weighted by Gasteiger charge is 2.19. The highest BCUT2D eigenvalue weighted by Crippen LogP contribution is 2.23. The Morgan fingerprint density at radius 2 is 2.15 bits per heavy atom. The lowest BCUT2D eigenvalue weighted by molar-refractivity contribution is 0.555. The second-order valence-electron chi connectivity index (χ2n) is 5.44. The molecule has 0 aliphatic rings. The first-order valence-corrected chi connectivity index (χ1v) is 6.94. The van der Waals surface area contributed by atoms with Gasteiger partial charge in [-0.15, -0.1) is 0 Å². The lowest BCUT2D eigenvalue weighted by Crippen LogP contribution is -2.13. The number of nitrogens with one attached hydrogen (secondary N) is 1. The maximum atomic E-state index is 13.6. The largest absolute Gasteiger partial charge is 0.356 e. The Labute approximate surface area is 121 Å². The third-order valence-corrected chi connectivity index (χ3v) is 3.37. The highest BCUT2D eigenvalue weighted by atomic mass is 32.1. The van der Waals surface area contributed by atoms with E-state index in [0.717, 1.165) is 5.82 Å². The predicted molar refractivity (Wildman–Crippen MR) is 77.1 cm³/mol. The molecule has 0 unspecified atom stereocenters. The van der Waals surface area contributed by atoms with Gasteiger partial charge in [-0.3, -0.25) is 0 Å². The Hall–Kier alpha value is -2.00. The molecule has 20 heavy (non-hydrogen) atoms. The monoisotopic (exact) mass is 290 g/mol. The van der Waals surface area contributed by atoms with Gasteiger partial charge in [0, 0.05) is 29.1 Å². The first-order chi connectivity index (χ1) is 9.40. The van der Waals surface area contributed by atoms with Crippen LogP contribution < -0.4 is 5.32 Å². The first kappa shape index (κ1) is 14.4. The molecule has 1 heterocycles. The van der Waals surface area contributed by atoms with Gasteiger partial charge in [-0.05, 0) is 18.2 Å². The van der Waals surface area contributed by atoms with E-state index in [1.54, 1.807) is 0 Å². The third-order valence-electron chi connectivity index (χ3n) is 2.70. The van der Waals surface area contributed by atoms with Gasteiger partial charge < -0.3 is 5.32 Å². The SMILES string of the molecule is CC(C)(C)c1nsc(NCc2cc(C#N)ccc2F)n1. The first-order valence-electron chi connectivity index (χ1n) is 6.17. The third kappa shape index (κ3) is 3.31. The number of nitriles is 1. The Bertz CT molecular complexity index is 652. The molecule has 0 aliphatic carbocycles. The summed E-state index contributed by atoms with van der Waals surface area (Å²) in [5.41, 5.74) is 0.773. The molecule has 0 atom stereocenters. The van der Waals surface area contributed by atoms with Gasteiger partial charge in [-0.25, -0.2) is 9.37 Å². The fourth-order valence-electron chi connectivity index (χ4n) is 1.55. The van der Waals surface area contributed by atoms with E-state index >= 15 is 0 Å². The average molecular weight is 290 g/mol. The fraction of sp³-hybridized carbons (Fsp3) is 0.357. The summed E-state index contributed by atoms with van der Waals surface area (Å²) in [6.07, 6.45) is 0. The van der Waals surface area contributed by atoms with Gasteiger partial charge in [0.25, 0.3) is 0 Å². The number of hydrogen-bond donors (Lipinski definition) is 1. The van der Waals surface area contributed by atoms with E-state index in [2.05, 4.69) is 14.7 Å². The molecular weight excluding hydrogens is 275 g/mol. The van der Waals surface area contributed by atoms with E-state index in [4.69, 9.17) is 5.26 Å². The van der Waals surface area contributed by atoms with E-state index in [0.29, 0.717) is 16.3 Å². The van der Waals surface area contributed by atoms with E-state index in [-0.39, 0.29) is 17.8 Å². The van der Waals surface area contributed by atoms with Crippen LogP contribution in [-0.2, 0) is 12.0 Å². The van der Waals surface area contributed by atoms with Crippen molar-refractivity contribution in [3.05, 3.63) is 41.0 Å². The molecule has 0 saturated carbocycles. The minimum absolute atomic E-state index is 0.109. The summed E-state index contributed by atoms with van der Waals surface area (Å²) in [4.78, 5) is 4.38. The molecule has 1 aromatic carbocycles. The molecule has 104 valence electrons. The van der Waals surface area contributed by atoms with Crippen molar-refractivity contribution in [2.75, 3.05) is 5.32 Å². The minimum atomic E-state index is -0.336. The summed E-state index contributed by atoms with van der Waals surface area (Å²) in [7, 11) is 0. The highest BCUT2D eigenvalue weighted by molar-refractivity contribution is 7.09. The molecule has 0 saturated heterocycles. The van der Waals surface area contributed by atoms with Crippen molar-refractivity contribution in [2.45, 2.75) is 32.7 Å². The molecule has 0 aliphatic heterocycles. The summed E-state index contributed by atoms with van der Waals surface area (Å²) >= 11 is 1.25. The van der Waals surface area contributed by atoms with Crippen LogP contribution in [0.25, 0.3) is 0 Å². The lowest BCUT2D eigenvalue weighted by Gasteiger charge is -2.12. The molecule has 0 spiro atoms. The summed E-state index contributed by atoms with van der Waals surface area (Å²) in [6.45, 7) is 6.39. The number of aromatic nitrogens is 2. The summed E-state index contributed by atoms with van der Waals surface area (Å²) in [6, 6.07) is 6.29. The fourth-order valence-corrected chi connectivity index (χ4v) is 2.30. The second kappa shape index (κ2) is 5.55. The van der Waals surface area contributed by atoms with E-state index in [9.17, 15) is 4.39 Å². The predicted octanol–water partition coefficient (Wildman–Crippen LogP) is 3.46. The molecule has 0 bridgehead atoms. The van der Waals surface area contributed by atoms with Crippen molar-refractivity contribution >= 4 is 16.7 Å². The van der Waals surface area contributed by atoms with Gasteiger partial charge in [0.15, 0.2) is 0 Å². The van der Waals surface area contributed by atoms with E-state index in [1.807, 2.05) is 26.8 Å². The van der Waals surface area contributed by atoms with Gasteiger partial charge in [0.2, 0.25) is 5.13 Å². The van der Waals surface area contributed by atoms with Gasteiger partial charge >= 0.3 is 0 Å². The molecule has 2 aromatic rings. The molecule has 0 radical (unpaired) electrons. The maximum absolute atomic E-state index is 13.6. The zero-order valence-electron chi connectivity index (χ0n) is 11.6. The van der Waals surface area contributed by atoms with Crippen LogP contribution in [0, 0.1) is 17.1 Å². The molecule has 0 fully saturated rings. The van der Waals surface area contributed by atoms with Crippen molar-refractivity contribution < 1.29 is 4.39 Å². The summed E-state index contributed by atoms with van der Waals surface area (Å²) < 4.78 is 17.9. The summed E-state index contributed by atoms with van der Waals surface area (Å²) in [5, 5.41) is 12.5. The van der Waals surface area contributed by atoms with Gasteiger partial charge in [0.05, 0.1) is 11.6 Å². The van der Waals surface area contributed by atoms with E-state index in [1.165, 1.54) is 29.7 Å². The molecule has 0 amide bonds. The molecule has 2 rings (SSSR count). The zero-order valence-corrected chi connectivity index (χ0v) is 12.4. The van der Waals surface area contributed by atoms with Crippen molar-refractivity contribution in [1.82, 2.24) is 9.36 Å². The Morgan fingerprint density at radius 1 is 1.40 bits per heavy atom. The number of benzene rings is 1. The minimum Gasteiger partial charge on any atom is -0.356 e. The number of nitrogens with zero attached hydrogens (tertiary/aromatic N) is 3. The van der Waals surface area contributed by atoms with Crippen LogP contribution in [0.2, 0.25) is 0 Å². The summed E-state index contributed by atoms with van der Waals surface area (Å²) in [5.74, 6) is 0.424. The van der Waals surface area contributed by atoms with Crippen LogP contribution >= 0.6 is 11.5 Å². The zero-order chi connectivity index (χ0) is 14.8. The standard InChI is InChI=1S/C14H15FN4S/c1-14(2,3)12-18-13(20-19-12)17-8-10-6-9(7-16)4-5-11(10)15/h4-6H,8H2,1-3H3,(H,17,18,19). The lowest BCUT2D eigenvalue weighted by atomic mass is 9.96. The molecule has 4 nitrogen and oxygen atoms in total. The normalized spacial score (nSPS) is 11.2. The molecule has 1 N–H and O–H groups in total. The molecular formula is C14H15FN4S. The van der Waals surface area contributed by atoms with Gasteiger partial charge in [-0.2, -0.15) is 9.64 Å². The van der Waals surface area contributed by atoms with Crippen molar-refractivity contribution in [3.63, 3.8) is 0 Å². The van der Waals surface area contributed by atoms with Crippen LogP contribution in [0.15, 0.2) is 18.2 Å². The van der Waals surface area contributed by atoms with Crippen LogP contribution in [0.3, 0.4) is 0 Å². The average Bonchev–Trinajstić information content (AvgIpc) is 2.86. The number of halogens is 1. The molecule has 1 aromatic heterocycles. The van der Waals surface area contributed by atoms with Gasteiger partial charge in [-0.1, -0.05) is 20.8 Å². The van der Waals surface area contributed by atoms with Crippen LogP contribution in [-0.4, -0.2) is 9.36 Å². The quantitative estimate of drug-likeness (QED) is 0.940. The van der Waals surface area contributed by atoms with Crippen LogP contribution in [0.5, 0.6) is 0 Å². The van der Waals surface area contributed by atoms with Gasteiger partial charge in [0.1, 0.15) is 11.6 Å². The van der Waals surface area contributed by atoms with Crippen LogP contribution in [0.1, 0.15) is 37.7 Å². The number of hydrogen-bond acceptors (Lipinski definition) is 5. The topological polar surface area (TPSA) is 61.6 Å². The Kier molecular flexibility index (Phi) is 4.00. The number of anilines is 1. The van der Waals surface area contributed by atoms with Crippen LogP contribution in [0.4, 0.5) is 9.52 Å². The van der Waals surface area contributed by atoms with E-state index < -0.39 is 0 Å². The van der Waals surface area contributed by atoms with Crippen molar-refractivity contribution in [3.8, 4) is 6.07 Å². The van der Waals surface area contributed by atoms with Crippen molar-refractivity contribution in [2.24, 2.45) is 0 Å². The maximum Gasteiger partial charge on any atom is 0.202 e. The number of rotatable bonds is 3. The van der Waals surface area contributed by atoms with Crippen molar-refractivity contribution in [1.29, 1.82) is 5.26 Å². The second-order valence-corrected chi connectivity index (χ2v) is 6.20. The Balaban J connectivity index is 2.09. The molecule has 6 heteroatoms. The smallest absolute Gasteiger partial charge is 0.202 e. The Morgan fingerprint density at radius 3 is 2.75 bits per heavy atom.